The van der Waals surface area contributed by atoms with Gasteiger partial charge in [0.15, 0.2) is 0 Å². The van der Waals surface area contributed by atoms with Crippen LogP contribution in [0.15, 0.2) is 54.7 Å². The molecule has 1 aromatic heterocycles. The Kier molecular flexibility index (Phi) is 6.70. The maximum absolute atomic E-state index is 5.73. The Morgan fingerprint density at radius 1 is 0.967 bits per heavy atom. The summed E-state index contributed by atoms with van der Waals surface area (Å²) in [5.74, 6) is 1.78. The second kappa shape index (κ2) is 9.81. The molecule has 4 rings (SSSR count). The molecule has 158 valence electrons. The van der Waals surface area contributed by atoms with Crippen LogP contribution in [0.25, 0.3) is 10.9 Å². The lowest BCUT2D eigenvalue weighted by Gasteiger charge is -2.33. The Morgan fingerprint density at radius 3 is 2.37 bits per heavy atom. The zero-order chi connectivity index (χ0) is 20.8. The van der Waals surface area contributed by atoms with Crippen LogP contribution in [-0.2, 0) is 6.54 Å². The smallest absolute Gasteiger partial charge is 0.123 e. The number of likely N-dealkylation sites (tertiary alicyclic amines) is 1. The van der Waals surface area contributed by atoms with Gasteiger partial charge in [-0.25, -0.2) is 0 Å². The number of hydrogen-bond donors (Lipinski definition) is 1. The van der Waals surface area contributed by atoms with E-state index in [0.717, 1.165) is 49.5 Å². The molecule has 0 aliphatic carbocycles. The molecular weight excluding hydrogens is 374 g/mol. The van der Waals surface area contributed by atoms with Gasteiger partial charge in [-0.2, -0.15) is 0 Å². The Balaban J connectivity index is 1.37. The highest BCUT2D eigenvalue weighted by Gasteiger charge is 2.20. The number of anilines is 1. The van der Waals surface area contributed by atoms with Crippen LogP contribution >= 0.6 is 0 Å². The number of nitrogens with zero attached hydrogens (tertiary/aromatic N) is 2. The summed E-state index contributed by atoms with van der Waals surface area (Å²) >= 11 is 0. The highest BCUT2D eigenvalue weighted by atomic mass is 16.5. The van der Waals surface area contributed by atoms with Crippen molar-refractivity contribution in [3.05, 3.63) is 60.3 Å². The molecule has 1 aliphatic heterocycles. The molecule has 2 heterocycles. The fraction of sp³-hybridized carbons (Fsp3) is 0.400. The highest BCUT2D eigenvalue weighted by Crippen LogP contribution is 2.27. The minimum atomic E-state index is 0.487. The first-order valence-corrected chi connectivity index (χ1v) is 11.0. The summed E-state index contributed by atoms with van der Waals surface area (Å²) in [4.78, 5) is 6.98. The van der Waals surface area contributed by atoms with Crippen molar-refractivity contribution in [2.75, 3.05) is 31.6 Å². The molecule has 0 atom stereocenters. The minimum Gasteiger partial charge on any atom is -0.494 e. The fourth-order valence-corrected chi connectivity index (χ4v) is 4.16. The molecule has 1 N–H and O–H groups in total. The van der Waals surface area contributed by atoms with Crippen molar-refractivity contribution in [1.82, 2.24) is 9.88 Å². The average Bonchev–Trinajstić information content (AvgIpc) is 2.76. The lowest BCUT2D eigenvalue weighted by molar-refractivity contribution is 0.210. The van der Waals surface area contributed by atoms with E-state index in [-0.39, 0.29) is 0 Å². The monoisotopic (exact) mass is 405 g/mol. The topological polar surface area (TPSA) is 46.6 Å². The normalized spacial score (nSPS) is 15.3. The van der Waals surface area contributed by atoms with E-state index >= 15 is 0 Å². The molecule has 0 saturated carbocycles. The Labute approximate surface area is 179 Å². The van der Waals surface area contributed by atoms with Gasteiger partial charge in [0.05, 0.1) is 18.7 Å². The highest BCUT2D eigenvalue weighted by molar-refractivity contribution is 5.90. The molecule has 2 aromatic carbocycles. The number of aromatic nitrogens is 1. The van der Waals surface area contributed by atoms with Crippen molar-refractivity contribution in [1.29, 1.82) is 0 Å². The lowest BCUT2D eigenvalue weighted by Crippen LogP contribution is -2.38. The van der Waals surface area contributed by atoms with Crippen molar-refractivity contribution in [2.45, 2.75) is 39.3 Å². The van der Waals surface area contributed by atoms with E-state index in [1.807, 2.05) is 32.2 Å². The molecule has 0 amide bonds. The van der Waals surface area contributed by atoms with E-state index in [9.17, 15) is 0 Å². The first-order chi connectivity index (χ1) is 14.7. The van der Waals surface area contributed by atoms with Gasteiger partial charge in [-0.05, 0) is 56.5 Å². The summed E-state index contributed by atoms with van der Waals surface area (Å²) in [5, 5.41) is 4.95. The third-order valence-electron chi connectivity index (χ3n) is 5.56. The van der Waals surface area contributed by atoms with Crippen LogP contribution < -0.4 is 14.8 Å². The number of nitrogens with one attached hydrogen (secondary N) is 1. The summed E-state index contributed by atoms with van der Waals surface area (Å²) in [5.41, 5.74) is 3.47. The van der Waals surface area contributed by atoms with Gasteiger partial charge in [0, 0.05) is 49.0 Å². The van der Waals surface area contributed by atoms with Crippen LogP contribution in [0.4, 0.5) is 5.69 Å². The molecule has 5 heteroatoms. The molecule has 30 heavy (non-hydrogen) atoms. The molecule has 5 nitrogen and oxygen atoms in total. The van der Waals surface area contributed by atoms with Gasteiger partial charge < -0.3 is 14.8 Å². The predicted octanol–water partition coefficient (Wildman–Crippen LogP) is 5.11. The zero-order valence-corrected chi connectivity index (χ0v) is 17.9. The van der Waals surface area contributed by atoms with E-state index < -0.39 is 0 Å². The van der Waals surface area contributed by atoms with Crippen LogP contribution in [-0.4, -0.2) is 42.2 Å². The van der Waals surface area contributed by atoms with E-state index in [1.54, 1.807) is 0 Å². The molecule has 0 bridgehead atoms. The Morgan fingerprint density at radius 2 is 1.67 bits per heavy atom. The Bertz CT molecular complexity index is 938. The predicted molar refractivity (Wildman–Crippen MR) is 122 cm³/mol. The van der Waals surface area contributed by atoms with Crippen molar-refractivity contribution in [3.63, 3.8) is 0 Å². The van der Waals surface area contributed by atoms with Crippen molar-refractivity contribution in [3.8, 4) is 11.5 Å². The van der Waals surface area contributed by atoms with Crippen molar-refractivity contribution in [2.24, 2.45) is 0 Å². The number of benzene rings is 2. The zero-order valence-electron chi connectivity index (χ0n) is 17.9. The molecule has 1 saturated heterocycles. The third-order valence-corrected chi connectivity index (χ3v) is 5.56. The van der Waals surface area contributed by atoms with E-state index in [2.05, 4.69) is 51.6 Å². The van der Waals surface area contributed by atoms with Gasteiger partial charge in [0.1, 0.15) is 11.5 Å². The second-order valence-electron chi connectivity index (χ2n) is 7.75. The Hall–Kier alpha value is -2.79. The molecule has 0 radical (unpaired) electrons. The van der Waals surface area contributed by atoms with Gasteiger partial charge in [0.2, 0.25) is 0 Å². The van der Waals surface area contributed by atoms with Gasteiger partial charge in [-0.3, -0.25) is 9.88 Å². The quantitative estimate of drug-likeness (QED) is 0.564. The third kappa shape index (κ3) is 5.03. The van der Waals surface area contributed by atoms with Gasteiger partial charge in [0.25, 0.3) is 0 Å². The summed E-state index contributed by atoms with van der Waals surface area (Å²) in [6.45, 7) is 8.41. The first kappa shape index (κ1) is 20.5. The number of rotatable bonds is 8. The van der Waals surface area contributed by atoms with E-state index in [1.165, 1.54) is 16.6 Å². The first-order valence-electron chi connectivity index (χ1n) is 11.0. The van der Waals surface area contributed by atoms with Crippen molar-refractivity contribution < 1.29 is 9.47 Å². The largest absolute Gasteiger partial charge is 0.494 e. The average molecular weight is 406 g/mol. The van der Waals surface area contributed by atoms with Crippen LogP contribution in [0.5, 0.6) is 11.5 Å². The van der Waals surface area contributed by atoms with Gasteiger partial charge >= 0.3 is 0 Å². The van der Waals surface area contributed by atoms with Crippen LogP contribution in [0, 0.1) is 0 Å². The van der Waals surface area contributed by atoms with Crippen molar-refractivity contribution >= 4 is 16.6 Å². The number of fused-ring (bicyclic) bond motifs is 1. The summed E-state index contributed by atoms with van der Waals surface area (Å²) < 4.78 is 11.5. The van der Waals surface area contributed by atoms with E-state index in [0.29, 0.717) is 19.3 Å². The number of piperidine rings is 1. The second-order valence-corrected chi connectivity index (χ2v) is 7.75. The number of para-hydroxylation sites is 1. The number of ether oxygens (including phenoxy) is 2. The maximum Gasteiger partial charge on any atom is 0.123 e. The maximum atomic E-state index is 5.73. The van der Waals surface area contributed by atoms with Crippen LogP contribution in [0.3, 0.4) is 0 Å². The fourth-order valence-electron chi connectivity index (χ4n) is 4.16. The number of hydrogen-bond acceptors (Lipinski definition) is 5. The summed E-state index contributed by atoms with van der Waals surface area (Å²) in [6.07, 6.45) is 4.14. The molecule has 1 fully saturated rings. The number of pyridine rings is 1. The molecule has 0 spiro atoms. The van der Waals surface area contributed by atoms with Crippen LogP contribution in [0.2, 0.25) is 0 Å². The van der Waals surface area contributed by atoms with Gasteiger partial charge in [-0.15, -0.1) is 0 Å². The SMILES string of the molecule is CCOc1cc(CN2CCC(Nc3ccnc4ccccc34)CC2)cc(OCC)c1. The minimum absolute atomic E-state index is 0.487. The molecule has 1 aliphatic rings. The summed E-state index contributed by atoms with van der Waals surface area (Å²) in [7, 11) is 0. The van der Waals surface area contributed by atoms with E-state index in [4.69, 9.17) is 9.47 Å². The van der Waals surface area contributed by atoms with Crippen LogP contribution in [0.1, 0.15) is 32.3 Å². The lowest BCUT2D eigenvalue weighted by atomic mass is 10.0. The molecule has 3 aromatic rings. The molecule has 0 unspecified atom stereocenters. The molecular formula is C25H31N3O2. The standard InChI is InChI=1S/C25H31N3O2/c1-3-29-21-15-19(16-22(17-21)30-4-2)18-28-13-10-20(11-14-28)27-25-9-12-26-24-8-6-5-7-23(24)25/h5-9,12,15-17,20H,3-4,10-11,13-14,18H2,1-2H3,(H,26,27). The van der Waals surface area contributed by atoms with Gasteiger partial charge in [-0.1, -0.05) is 18.2 Å². The summed E-state index contributed by atoms with van der Waals surface area (Å²) in [6, 6.07) is 17.1.